The van der Waals surface area contributed by atoms with Gasteiger partial charge in [0.15, 0.2) is 0 Å². The van der Waals surface area contributed by atoms with Gasteiger partial charge in [-0.2, -0.15) is 0 Å². The molecule has 0 spiro atoms. The summed E-state index contributed by atoms with van der Waals surface area (Å²) in [4.78, 5) is 15.5. The topological polar surface area (TPSA) is 67.5 Å². The fourth-order valence-corrected chi connectivity index (χ4v) is 2.61. The maximum atomic E-state index is 11.2. The lowest BCUT2D eigenvalue weighted by atomic mass is 9.99. The highest BCUT2D eigenvalue weighted by Gasteiger charge is 2.24. The molecule has 1 heterocycles. The lowest BCUT2D eigenvalue weighted by Crippen LogP contribution is -2.14. The second-order valence-electron chi connectivity index (χ2n) is 5.08. The average Bonchev–Trinajstić information content (AvgIpc) is 2.65. The Morgan fingerprint density at radius 1 is 1.19 bits per heavy atom. The Labute approximate surface area is 122 Å². The van der Waals surface area contributed by atoms with Gasteiger partial charge in [-0.15, -0.1) is 0 Å². The summed E-state index contributed by atoms with van der Waals surface area (Å²) in [6.45, 7) is 1.95. The molecule has 0 aromatic heterocycles. The predicted octanol–water partition coefficient (Wildman–Crippen LogP) is 4.24. The van der Waals surface area contributed by atoms with E-state index in [-0.39, 0.29) is 16.7 Å². The number of nitro groups is 1. The van der Waals surface area contributed by atoms with Gasteiger partial charge in [0.05, 0.1) is 27.9 Å². The van der Waals surface area contributed by atoms with Crippen molar-refractivity contribution in [3.05, 3.63) is 64.2 Å². The summed E-state index contributed by atoms with van der Waals surface area (Å²) in [7, 11) is 0. The van der Waals surface area contributed by atoms with E-state index < -0.39 is 0 Å². The minimum atomic E-state index is -0.333. The van der Waals surface area contributed by atoms with Gasteiger partial charge in [-0.05, 0) is 19.1 Å². The summed E-state index contributed by atoms with van der Waals surface area (Å²) in [5, 5.41) is 14.6. The van der Waals surface area contributed by atoms with Crippen LogP contribution < -0.4 is 5.32 Å². The fraction of sp³-hybridized carbons (Fsp3) is 0.188. The number of hydrogen-bond acceptors (Lipinski definition) is 4. The number of benzene rings is 2. The first-order chi connectivity index (χ1) is 10.1. The minimum absolute atomic E-state index is 0.141. The number of para-hydroxylation sites is 3. The van der Waals surface area contributed by atoms with Crippen LogP contribution in [0.4, 0.5) is 17.1 Å². The van der Waals surface area contributed by atoms with E-state index in [9.17, 15) is 10.1 Å². The van der Waals surface area contributed by atoms with Gasteiger partial charge in [-0.3, -0.25) is 15.1 Å². The number of fused-ring (bicyclic) bond motifs is 1. The molecule has 1 N–H and O–H groups in total. The summed E-state index contributed by atoms with van der Waals surface area (Å²) in [5.74, 6) is 0. The lowest BCUT2D eigenvalue weighted by molar-refractivity contribution is -0.385. The molecule has 2 aromatic carbocycles. The highest BCUT2D eigenvalue weighted by molar-refractivity contribution is 5.89. The Hall–Kier alpha value is -2.69. The quantitative estimate of drug-likeness (QED) is 0.661. The van der Waals surface area contributed by atoms with Crippen LogP contribution in [0.25, 0.3) is 0 Å². The van der Waals surface area contributed by atoms with Crippen molar-refractivity contribution < 1.29 is 4.92 Å². The molecule has 5 nitrogen and oxygen atoms in total. The third-order valence-electron chi connectivity index (χ3n) is 3.55. The third-order valence-corrected chi connectivity index (χ3v) is 3.55. The normalized spacial score (nSPS) is 17.2. The second-order valence-corrected chi connectivity index (χ2v) is 5.08. The number of nitrogens with one attached hydrogen (secondary N) is 1. The predicted molar refractivity (Wildman–Crippen MR) is 83.3 cm³/mol. The molecule has 0 radical (unpaired) electrons. The molecule has 0 aliphatic carbocycles. The first-order valence-electron chi connectivity index (χ1n) is 6.78. The van der Waals surface area contributed by atoms with Crippen LogP contribution in [0.1, 0.15) is 24.9 Å². The van der Waals surface area contributed by atoms with Crippen molar-refractivity contribution in [2.75, 3.05) is 5.32 Å². The molecule has 1 unspecified atom stereocenters. The van der Waals surface area contributed by atoms with Crippen molar-refractivity contribution in [2.45, 2.75) is 19.4 Å². The molecular formula is C16H15N3O2. The molecular weight excluding hydrogens is 266 g/mol. The number of hydrogen-bond donors (Lipinski definition) is 1. The fourth-order valence-electron chi connectivity index (χ4n) is 2.61. The second kappa shape index (κ2) is 5.36. The molecule has 21 heavy (non-hydrogen) atoms. The Balaban J connectivity index is 2.06. The minimum Gasteiger partial charge on any atom is -0.376 e. The summed E-state index contributed by atoms with van der Waals surface area (Å²) < 4.78 is 0. The maximum absolute atomic E-state index is 11.2. The van der Waals surface area contributed by atoms with Crippen LogP contribution in [-0.4, -0.2) is 10.6 Å². The number of nitro benzene ring substituents is 1. The lowest BCUT2D eigenvalue weighted by Gasteiger charge is -2.18. The van der Waals surface area contributed by atoms with Crippen molar-refractivity contribution in [3.8, 4) is 0 Å². The molecule has 2 aromatic rings. The van der Waals surface area contributed by atoms with E-state index in [1.54, 1.807) is 18.2 Å². The van der Waals surface area contributed by atoms with Gasteiger partial charge in [-0.25, -0.2) is 0 Å². The summed E-state index contributed by atoms with van der Waals surface area (Å²) in [5.41, 5.74) is 3.56. The molecule has 0 saturated carbocycles. The van der Waals surface area contributed by atoms with Crippen LogP contribution in [0.2, 0.25) is 0 Å². The van der Waals surface area contributed by atoms with Gasteiger partial charge in [0.1, 0.15) is 0 Å². The molecule has 106 valence electrons. The van der Waals surface area contributed by atoms with Gasteiger partial charge in [0.2, 0.25) is 0 Å². The Kier molecular flexibility index (Phi) is 3.39. The molecule has 0 fully saturated rings. The van der Waals surface area contributed by atoms with Gasteiger partial charge in [-0.1, -0.05) is 30.3 Å². The van der Waals surface area contributed by atoms with Crippen LogP contribution in [-0.2, 0) is 0 Å². The monoisotopic (exact) mass is 281 g/mol. The molecule has 3 rings (SSSR count). The van der Waals surface area contributed by atoms with E-state index in [2.05, 4.69) is 10.3 Å². The number of aliphatic imine (C=N–C) groups is 1. The third kappa shape index (κ3) is 2.63. The molecule has 0 bridgehead atoms. The van der Waals surface area contributed by atoms with Crippen LogP contribution in [0, 0.1) is 10.1 Å². The zero-order chi connectivity index (χ0) is 14.8. The van der Waals surface area contributed by atoms with E-state index in [1.807, 2.05) is 37.3 Å². The molecule has 1 aliphatic heterocycles. The summed E-state index contributed by atoms with van der Waals surface area (Å²) in [6.07, 6.45) is 0.638. The number of rotatable bonds is 2. The van der Waals surface area contributed by atoms with Crippen LogP contribution >= 0.6 is 0 Å². The van der Waals surface area contributed by atoms with E-state index in [0.29, 0.717) is 12.0 Å². The van der Waals surface area contributed by atoms with Gasteiger partial charge in [0.25, 0.3) is 5.69 Å². The molecule has 0 saturated heterocycles. The van der Waals surface area contributed by atoms with E-state index in [1.165, 1.54) is 0 Å². The summed E-state index contributed by atoms with van der Waals surface area (Å²) in [6, 6.07) is 14.4. The largest absolute Gasteiger partial charge is 0.376 e. The van der Waals surface area contributed by atoms with Crippen LogP contribution in [0.15, 0.2) is 53.5 Å². The smallest absolute Gasteiger partial charge is 0.274 e. The molecule has 5 heteroatoms. The number of nitrogens with zero attached hydrogens (tertiary/aromatic N) is 2. The van der Waals surface area contributed by atoms with Crippen molar-refractivity contribution in [3.63, 3.8) is 0 Å². The Morgan fingerprint density at radius 2 is 1.90 bits per heavy atom. The van der Waals surface area contributed by atoms with Crippen molar-refractivity contribution in [1.29, 1.82) is 0 Å². The molecule has 0 amide bonds. The van der Waals surface area contributed by atoms with E-state index >= 15 is 0 Å². The van der Waals surface area contributed by atoms with E-state index in [0.717, 1.165) is 17.1 Å². The maximum Gasteiger partial charge on any atom is 0.274 e. The number of anilines is 1. The highest BCUT2D eigenvalue weighted by Crippen LogP contribution is 2.36. The Morgan fingerprint density at radius 3 is 2.71 bits per heavy atom. The zero-order valence-electron chi connectivity index (χ0n) is 11.6. The van der Waals surface area contributed by atoms with Crippen LogP contribution in [0.3, 0.4) is 0 Å². The van der Waals surface area contributed by atoms with Crippen molar-refractivity contribution in [1.82, 2.24) is 0 Å². The van der Waals surface area contributed by atoms with E-state index in [4.69, 9.17) is 0 Å². The molecule has 1 aliphatic rings. The Bertz CT molecular complexity index is 725. The van der Waals surface area contributed by atoms with Crippen molar-refractivity contribution in [2.24, 2.45) is 4.99 Å². The zero-order valence-corrected chi connectivity index (χ0v) is 11.6. The van der Waals surface area contributed by atoms with Crippen molar-refractivity contribution >= 4 is 22.8 Å². The average molecular weight is 281 g/mol. The van der Waals surface area contributed by atoms with Gasteiger partial charge < -0.3 is 5.32 Å². The van der Waals surface area contributed by atoms with Gasteiger partial charge in [0, 0.05) is 18.2 Å². The van der Waals surface area contributed by atoms with Gasteiger partial charge >= 0.3 is 0 Å². The first kappa shape index (κ1) is 13.3. The standard InChI is InChI=1S/C16H15N3O2/c1-11-10-15(12-6-2-5-9-16(12)19(20)21)18-14-8-4-3-7-13(14)17-11/h2-9,15,18H,10H2,1H3. The van der Waals surface area contributed by atoms with Crippen LogP contribution in [0.5, 0.6) is 0 Å². The first-order valence-corrected chi connectivity index (χ1v) is 6.78. The highest BCUT2D eigenvalue weighted by atomic mass is 16.6. The SMILES string of the molecule is CC1=Nc2ccccc2NC(c2ccccc2[N+](=O)[O-])C1. The molecule has 1 atom stereocenters. The summed E-state index contributed by atoms with van der Waals surface area (Å²) >= 11 is 0.